The van der Waals surface area contributed by atoms with Crippen molar-refractivity contribution in [1.29, 1.82) is 0 Å². The molecule has 3 rings (SSSR count). The number of carboxylic acids is 1. The number of carboxylic acid groups (broad SMARTS) is 1. The van der Waals surface area contributed by atoms with Crippen molar-refractivity contribution in [3.63, 3.8) is 0 Å². The minimum Gasteiger partial charge on any atom is -0.481 e. The van der Waals surface area contributed by atoms with Gasteiger partial charge in [-0.1, -0.05) is 24.3 Å². The Labute approximate surface area is 124 Å². The van der Waals surface area contributed by atoms with Gasteiger partial charge in [-0.2, -0.15) is 0 Å². The molecule has 0 unspecified atom stereocenters. The lowest BCUT2D eigenvalue weighted by molar-refractivity contribution is -0.148. The molecule has 0 saturated heterocycles. The standard InChI is InChI=1S/C15H13BrO2S/c16-13-6-5-12(19-13)9-15(14(17)18)7-10-3-1-2-4-11(10)8-15/h1-6H,7-9H2,(H,17,18). The van der Waals surface area contributed by atoms with E-state index >= 15 is 0 Å². The molecule has 0 atom stereocenters. The van der Waals surface area contributed by atoms with Gasteiger partial charge < -0.3 is 5.11 Å². The Morgan fingerprint density at radius 2 is 1.84 bits per heavy atom. The average molecular weight is 337 g/mol. The Morgan fingerprint density at radius 1 is 1.21 bits per heavy atom. The van der Waals surface area contributed by atoms with Crippen molar-refractivity contribution < 1.29 is 9.90 Å². The van der Waals surface area contributed by atoms with Gasteiger partial charge in [-0.25, -0.2) is 0 Å². The molecule has 1 aromatic heterocycles. The summed E-state index contributed by atoms with van der Waals surface area (Å²) in [5.41, 5.74) is 1.69. The molecule has 4 heteroatoms. The number of aliphatic carboxylic acids is 1. The van der Waals surface area contributed by atoms with Gasteiger partial charge in [0.15, 0.2) is 0 Å². The van der Waals surface area contributed by atoms with Gasteiger partial charge in [0.2, 0.25) is 0 Å². The molecule has 1 N–H and O–H groups in total. The zero-order valence-electron chi connectivity index (χ0n) is 10.2. The number of halogens is 1. The molecule has 1 heterocycles. The van der Waals surface area contributed by atoms with E-state index in [1.807, 2.05) is 36.4 Å². The Balaban J connectivity index is 1.93. The predicted octanol–water partition coefficient (Wildman–Crippen LogP) is 3.92. The van der Waals surface area contributed by atoms with Gasteiger partial charge in [0.25, 0.3) is 0 Å². The summed E-state index contributed by atoms with van der Waals surface area (Å²) in [4.78, 5) is 12.9. The molecule has 1 aliphatic rings. The van der Waals surface area contributed by atoms with Gasteiger partial charge in [0.1, 0.15) is 0 Å². The monoisotopic (exact) mass is 336 g/mol. The van der Waals surface area contributed by atoms with Crippen LogP contribution in [0.25, 0.3) is 0 Å². The molecule has 0 amide bonds. The van der Waals surface area contributed by atoms with E-state index in [4.69, 9.17) is 0 Å². The van der Waals surface area contributed by atoms with Crippen molar-refractivity contribution >= 4 is 33.2 Å². The van der Waals surface area contributed by atoms with E-state index in [-0.39, 0.29) is 0 Å². The number of carbonyl (C=O) groups is 1. The molecule has 0 saturated carbocycles. The first-order valence-electron chi connectivity index (χ1n) is 6.13. The molecule has 1 aliphatic carbocycles. The van der Waals surface area contributed by atoms with Crippen LogP contribution in [0.4, 0.5) is 0 Å². The highest BCUT2D eigenvalue weighted by molar-refractivity contribution is 9.11. The fourth-order valence-electron chi connectivity index (χ4n) is 2.83. The molecule has 0 spiro atoms. The van der Waals surface area contributed by atoms with Gasteiger partial charge in [-0.3, -0.25) is 4.79 Å². The SMILES string of the molecule is O=C(O)C1(Cc2ccc(Br)s2)Cc2ccccc2C1. The normalized spacial score (nSPS) is 16.3. The highest BCUT2D eigenvalue weighted by Crippen LogP contribution is 2.41. The first kappa shape index (κ1) is 12.9. The molecular formula is C15H13BrO2S. The maximum Gasteiger partial charge on any atom is 0.310 e. The van der Waals surface area contributed by atoms with Crippen LogP contribution in [0, 0.1) is 5.41 Å². The van der Waals surface area contributed by atoms with Gasteiger partial charge in [0, 0.05) is 4.88 Å². The summed E-state index contributed by atoms with van der Waals surface area (Å²) in [5, 5.41) is 9.70. The highest BCUT2D eigenvalue weighted by Gasteiger charge is 2.44. The second-order valence-corrected chi connectivity index (χ2v) is 7.64. The third-order valence-electron chi connectivity index (χ3n) is 3.77. The van der Waals surface area contributed by atoms with E-state index in [1.54, 1.807) is 11.3 Å². The zero-order valence-corrected chi connectivity index (χ0v) is 12.6. The molecular weight excluding hydrogens is 324 g/mol. The van der Waals surface area contributed by atoms with Crippen LogP contribution in [0.3, 0.4) is 0 Å². The van der Waals surface area contributed by atoms with Crippen LogP contribution >= 0.6 is 27.3 Å². The molecule has 0 fully saturated rings. The number of hydrogen-bond acceptors (Lipinski definition) is 2. The molecule has 2 aromatic rings. The fourth-order valence-corrected chi connectivity index (χ4v) is 4.45. The van der Waals surface area contributed by atoms with Crippen LogP contribution in [0.1, 0.15) is 16.0 Å². The van der Waals surface area contributed by atoms with Crippen molar-refractivity contribution in [3.05, 3.63) is 56.2 Å². The van der Waals surface area contributed by atoms with E-state index in [9.17, 15) is 9.90 Å². The van der Waals surface area contributed by atoms with Crippen LogP contribution in [-0.4, -0.2) is 11.1 Å². The van der Waals surface area contributed by atoms with E-state index in [0.29, 0.717) is 19.3 Å². The minimum atomic E-state index is -0.687. The van der Waals surface area contributed by atoms with Crippen LogP contribution in [-0.2, 0) is 24.1 Å². The Kier molecular flexibility index (Phi) is 3.23. The minimum absolute atomic E-state index is 0.604. The number of thiophene rings is 1. The highest BCUT2D eigenvalue weighted by atomic mass is 79.9. The summed E-state index contributed by atoms with van der Waals surface area (Å²) in [7, 11) is 0. The van der Waals surface area contributed by atoms with E-state index in [1.165, 1.54) is 11.1 Å². The summed E-state index contributed by atoms with van der Waals surface area (Å²) in [6.07, 6.45) is 1.87. The van der Waals surface area contributed by atoms with E-state index in [2.05, 4.69) is 15.9 Å². The third kappa shape index (κ3) is 2.35. The van der Waals surface area contributed by atoms with Gasteiger partial charge in [0.05, 0.1) is 9.20 Å². The van der Waals surface area contributed by atoms with Crippen molar-refractivity contribution in [1.82, 2.24) is 0 Å². The Hall–Kier alpha value is -1.13. The summed E-state index contributed by atoms with van der Waals surface area (Å²) in [5.74, 6) is -0.687. The van der Waals surface area contributed by atoms with Crippen LogP contribution in [0.15, 0.2) is 40.2 Å². The second-order valence-electron chi connectivity index (χ2n) is 5.09. The number of benzene rings is 1. The third-order valence-corrected chi connectivity index (χ3v) is 5.39. The van der Waals surface area contributed by atoms with Crippen LogP contribution < -0.4 is 0 Å². The van der Waals surface area contributed by atoms with Gasteiger partial charge in [-0.05, 0) is 58.5 Å². The van der Waals surface area contributed by atoms with Crippen molar-refractivity contribution in [3.8, 4) is 0 Å². The maximum absolute atomic E-state index is 11.8. The molecule has 0 bridgehead atoms. The second kappa shape index (κ2) is 4.76. The molecule has 19 heavy (non-hydrogen) atoms. The van der Waals surface area contributed by atoms with E-state index in [0.717, 1.165) is 8.66 Å². The lowest BCUT2D eigenvalue weighted by atomic mass is 9.81. The Bertz CT molecular complexity index is 608. The maximum atomic E-state index is 11.8. The van der Waals surface area contributed by atoms with Crippen molar-refractivity contribution in [2.24, 2.45) is 5.41 Å². The summed E-state index contributed by atoms with van der Waals surface area (Å²) in [6, 6.07) is 12.1. The lowest BCUT2D eigenvalue weighted by Gasteiger charge is -2.23. The predicted molar refractivity (Wildman–Crippen MR) is 79.6 cm³/mol. The number of rotatable bonds is 3. The van der Waals surface area contributed by atoms with Crippen LogP contribution in [0.2, 0.25) is 0 Å². The average Bonchev–Trinajstić information content (AvgIpc) is 2.93. The molecule has 98 valence electrons. The van der Waals surface area contributed by atoms with Crippen molar-refractivity contribution in [2.75, 3.05) is 0 Å². The molecule has 0 aliphatic heterocycles. The summed E-state index contributed by atoms with van der Waals surface area (Å²) in [6.45, 7) is 0. The van der Waals surface area contributed by atoms with Gasteiger partial charge >= 0.3 is 5.97 Å². The first-order chi connectivity index (χ1) is 9.09. The zero-order chi connectivity index (χ0) is 13.5. The quantitative estimate of drug-likeness (QED) is 0.922. The smallest absolute Gasteiger partial charge is 0.310 e. The molecule has 2 nitrogen and oxygen atoms in total. The first-order valence-corrected chi connectivity index (χ1v) is 7.74. The largest absolute Gasteiger partial charge is 0.481 e. The number of fused-ring (bicyclic) bond motifs is 1. The van der Waals surface area contributed by atoms with Crippen LogP contribution in [0.5, 0.6) is 0 Å². The summed E-state index contributed by atoms with van der Waals surface area (Å²) >= 11 is 5.06. The van der Waals surface area contributed by atoms with Crippen molar-refractivity contribution in [2.45, 2.75) is 19.3 Å². The molecule has 0 radical (unpaired) electrons. The van der Waals surface area contributed by atoms with E-state index < -0.39 is 11.4 Å². The summed E-state index contributed by atoms with van der Waals surface area (Å²) < 4.78 is 1.05. The lowest BCUT2D eigenvalue weighted by Crippen LogP contribution is -2.33. The fraction of sp³-hybridized carbons (Fsp3) is 0.267. The molecule has 1 aromatic carbocycles. The number of hydrogen-bond donors (Lipinski definition) is 1. The topological polar surface area (TPSA) is 37.3 Å². The van der Waals surface area contributed by atoms with Gasteiger partial charge in [-0.15, -0.1) is 11.3 Å². The Morgan fingerprint density at radius 3 is 2.32 bits per heavy atom.